The number of amides is 1. The predicted octanol–water partition coefficient (Wildman–Crippen LogP) is 1.46. The van der Waals surface area contributed by atoms with E-state index in [0.29, 0.717) is 11.9 Å². The number of nitrogens with one attached hydrogen (secondary N) is 1. The second-order valence-corrected chi connectivity index (χ2v) is 5.97. The number of aromatic nitrogens is 1. The monoisotopic (exact) mass is 324 g/mol. The smallest absolute Gasteiger partial charge is 0.239 e. The van der Waals surface area contributed by atoms with E-state index in [1.807, 2.05) is 17.2 Å². The summed E-state index contributed by atoms with van der Waals surface area (Å²) in [5.41, 5.74) is 1.25. The van der Waals surface area contributed by atoms with Gasteiger partial charge in [-0.25, -0.2) is 0 Å². The number of carbonyl (C=O) groups is 1. The Morgan fingerprint density at radius 1 is 1.36 bits per heavy atom. The Labute approximate surface area is 138 Å². The third-order valence-corrected chi connectivity index (χ3v) is 4.70. The molecule has 0 saturated carbocycles. The first-order valence-corrected chi connectivity index (χ1v) is 7.92. The minimum absolute atomic E-state index is 0. The van der Waals surface area contributed by atoms with E-state index in [-0.39, 0.29) is 18.4 Å². The molecule has 0 spiro atoms. The number of hydrogen-bond donors (Lipinski definition) is 1. The van der Waals surface area contributed by atoms with E-state index in [1.54, 1.807) is 6.20 Å². The summed E-state index contributed by atoms with van der Waals surface area (Å²) in [4.78, 5) is 21.0. The summed E-state index contributed by atoms with van der Waals surface area (Å²) in [6, 6.07) is 4.53. The molecular formula is C16H25ClN4O. The molecule has 1 N–H and O–H groups in total. The molecule has 1 aromatic heterocycles. The first-order chi connectivity index (χ1) is 10.3. The van der Waals surface area contributed by atoms with Gasteiger partial charge >= 0.3 is 0 Å². The topological polar surface area (TPSA) is 48.5 Å². The fourth-order valence-corrected chi connectivity index (χ4v) is 3.28. The first-order valence-electron chi connectivity index (χ1n) is 7.92. The van der Waals surface area contributed by atoms with Gasteiger partial charge in [0.15, 0.2) is 0 Å². The summed E-state index contributed by atoms with van der Waals surface area (Å²) >= 11 is 0. The van der Waals surface area contributed by atoms with E-state index in [4.69, 9.17) is 0 Å². The van der Waals surface area contributed by atoms with Crippen molar-refractivity contribution in [2.75, 3.05) is 32.7 Å². The molecule has 0 aliphatic carbocycles. The summed E-state index contributed by atoms with van der Waals surface area (Å²) in [6.07, 6.45) is 5.85. The van der Waals surface area contributed by atoms with Gasteiger partial charge in [0.05, 0.1) is 6.04 Å². The Kier molecular flexibility index (Phi) is 6.17. The first kappa shape index (κ1) is 17.2. The van der Waals surface area contributed by atoms with Crippen molar-refractivity contribution in [1.29, 1.82) is 0 Å². The van der Waals surface area contributed by atoms with Crippen molar-refractivity contribution < 1.29 is 4.79 Å². The molecule has 1 aromatic rings. The number of halogens is 1. The quantitative estimate of drug-likeness (QED) is 0.914. The summed E-state index contributed by atoms with van der Waals surface area (Å²) in [6.45, 7) is 6.74. The molecule has 0 aromatic carbocycles. The van der Waals surface area contributed by atoms with Gasteiger partial charge in [0, 0.05) is 44.6 Å². The van der Waals surface area contributed by atoms with E-state index in [2.05, 4.69) is 28.2 Å². The van der Waals surface area contributed by atoms with E-state index in [0.717, 1.165) is 45.6 Å². The molecule has 0 radical (unpaired) electrons. The van der Waals surface area contributed by atoms with E-state index < -0.39 is 0 Å². The van der Waals surface area contributed by atoms with Crippen molar-refractivity contribution in [2.24, 2.45) is 0 Å². The molecule has 3 heterocycles. The average Bonchev–Trinajstić information content (AvgIpc) is 3.09. The van der Waals surface area contributed by atoms with Crippen LogP contribution >= 0.6 is 12.4 Å². The van der Waals surface area contributed by atoms with Crippen LogP contribution in [0.15, 0.2) is 24.5 Å². The number of piperazine rings is 1. The molecule has 2 fully saturated rings. The van der Waals surface area contributed by atoms with E-state index in [1.165, 1.54) is 5.56 Å². The van der Waals surface area contributed by atoms with Gasteiger partial charge in [0.2, 0.25) is 5.91 Å². The molecule has 2 aliphatic heterocycles. The van der Waals surface area contributed by atoms with Gasteiger partial charge < -0.3 is 10.2 Å². The van der Waals surface area contributed by atoms with Crippen LogP contribution in [0.5, 0.6) is 0 Å². The van der Waals surface area contributed by atoms with Gasteiger partial charge in [-0.15, -0.1) is 12.4 Å². The fourth-order valence-electron chi connectivity index (χ4n) is 3.28. The summed E-state index contributed by atoms with van der Waals surface area (Å²) < 4.78 is 0. The predicted molar refractivity (Wildman–Crippen MR) is 89.1 cm³/mol. The molecule has 0 bridgehead atoms. The van der Waals surface area contributed by atoms with Gasteiger partial charge in [0.25, 0.3) is 0 Å². The van der Waals surface area contributed by atoms with Crippen LogP contribution in [-0.2, 0) is 4.79 Å². The maximum Gasteiger partial charge on any atom is 0.239 e. The van der Waals surface area contributed by atoms with Crippen LogP contribution in [0.3, 0.4) is 0 Å². The third kappa shape index (κ3) is 3.77. The van der Waals surface area contributed by atoms with Crippen LogP contribution in [0.25, 0.3) is 0 Å². The van der Waals surface area contributed by atoms with Crippen LogP contribution < -0.4 is 5.32 Å². The number of pyridine rings is 1. The maximum atomic E-state index is 12.4. The van der Waals surface area contributed by atoms with Crippen molar-refractivity contribution >= 4 is 18.3 Å². The van der Waals surface area contributed by atoms with Gasteiger partial charge in [-0.3, -0.25) is 14.7 Å². The molecule has 122 valence electrons. The minimum atomic E-state index is 0. The fraction of sp³-hybridized carbons (Fsp3) is 0.625. The van der Waals surface area contributed by atoms with Gasteiger partial charge in [-0.05, 0) is 37.9 Å². The van der Waals surface area contributed by atoms with Crippen molar-refractivity contribution in [3.8, 4) is 0 Å². The Hall–Kier alpha value is -1.17. The second-order valence-electron chi connectivity index (χ2n) is 5.97. The van der Waals surface area contributed by atoms with Crippen molar-refractivity contribution in [2.45, 2.75) is 31.8 Å². The zero-order valence-electron chi connectivity index (χ0n) is 13.1. The molecule has 2 aliphatic rings. The lowest BCUT2D eigenvalue weighted by atomic mass is 10.1. The highest BCUT2D eigenvalue weighted by molar-refractivity contribution is 5.85. The van der Waals surface area contributed by atoms with E-state index in [9.17, 15) is 4.79 Å². The Morgan fingerprint density at radius 2 is 2.14 bits per heavy atom. The Balaban J connectivity index is 0.00000176. The molecule has 1 amide bonds. The number of nitrogens with zero attached hydrogens (tertiary/aromatic N) is 3. The SMILES string of the molecule is CC(c1cccnc1)N1CCN(C(=O)[C@@H]2CCCN2)CC1.Cl. The molecule has 1 unspecified atom stereocenters. The van der Waals surface area contributed by atoms with Crippen LogP contribution in [0.4, 0.5) is 0 Å². The van der Waals surface area contributed by atoms with E-state index >= 15 is 0 Å². The van der Waals surface area contributed by atoms with Crippen LogP contribution in [0.2, 0.25) is 0 Å². The molecule has 5 nitrogen and oxygen atoms in total. The molecule has 22 heavy (non-hydrogen) atoms. The lowest BCUT2D eigenvalue weighted by Crippen LogP contribution is -2.53. The lowest BCUT2D eigenvalue weighted by molar-refractivity contribution is -0.135. The molecule has 3 rings (SSSR count). The van der Waals surface area contributed by atoms with Crippen molar-refractivity contribution in [1.82, 2.24) is 20.1 Å². The molecule has 6 heteroatoms. The van der Waals surface area contributed by atoms with Crippen LogP contribution in [0.1, 0.15) is 31.4 Å². The number of carbonyl (C=O) groups excluding carboxylic acids is 1. The van der Waals surface area contributed by atoms with Crippen LogP contribution in [0, 0.1) is 0 Å². The average molecular weight is 325 g/mol. The summed E-state index contributed by atoms with van der Waals surface area (Å²) in [5.74, 6) is 0.293. The number of hydrogen-bond acceptors (Lipinski definition) is 4. The van der Waals surface area contributed by atoms with Gasteiger partial charge in [0.1, 0.15) is 0 Å². The minimum Gasteiger partial charge on any atom is -0.339 e. The summed E-state index contributed by atoms with van der Waals surface area (Å²) in [5, 5.41) is 3.30. The highest BCUT2D eigenvalue weighted by Gasteiger charge is 2.30. The zero-order valence-corrected chi connectivity index (χ0v) is 13.9. The molecule has 2 saturated heterocycles. The Bertz CT molecular complexity index is 470. The number of rotatable bonds is 3. The maximum absolute atomic E-state index is 12.4. The summed E-state index contributed by atoms with van der Waals surface area (Å²) in [7, 11) is 0. The lowest BCUT2D eigenvalue weighted by Gasteiger charge is -2.39. The van der Waals surface area contributed by atoms with Crippen molar-refractivity contribution in [3.05, 3.63) is 30.1 Å². The van der Waals surface area contributed by atoms with Crippen LogP contribution in [-0.4, -0.2) is 59.5 Å². The van der Waals surface area contributed by atoms with Gasteiger partial charge in [-0.1, -0.05) is 6.07 Å². The highest BCUT2D eigenvalue weighted by atomic mass is 35.5. The standard InChI is InChI=1S/C16H24N4O.ClH/c1-13(14-4-2-6-17-12-14)19-8-10-20(11-9-19)16(21)15-5-3-7-18-15;/h2,4,6,12-13,15,18H,3,5,7-11H2,1H3;1H/t13?,15-;/m0./s1. The van der Waals surface area contributed by atoms with Gasteiger partial charge in [-0.2, -0.15) is 0 Å². The normalized spacial score (nSPS) is 23.9. The Morgan fingerprint density at radius 3 is 2.73 bits per heavy atom. The molecular weight excluding hydrogens is 300 g/mol. The highest BCUT2D eigenvalue weighted by Crippen LogP contribution is 2.21. The third-order valence-electron chi connectivity index (χ3n) is 4.70. The molecule has 2 atom stereocenters. The second kappa shape index (κ2) is 7.90. The van der Waals surface area contributed by atoms with Crippen molar-refractivity contribution in [3.63, 3.8) is 0 Å². The zero-order chi connectivity index (χ0) is 14.7. The largest absolute Gasteiger partial charge is 0.339 e.